The summed E-state index contributed by atoms with van der Waals surface area (Å²) in [6.45, 7) is 0. The molecule has 0 amide bonds. The van der Waals surface area contributed by atoms with E-state index in [1.54, 1.807) is 0 Å². The van der Waals surface area contributed by atoms with Gasteiger partial charge in [0.05, 0.1) is 0 Å². The van der Waals surface area contributed by atoms with Crippen LogP contribution in [0.1, 0.15) is 0 Å². The second-order valence-electron chi connectivity index (χ2n) is 0. The van der Waals surface area contributed by atoms with Crippen molar-refractivity contribution in [3.05, 3.63) is 0 Å². The molecule has 0 aromatic carbocycles. The molecule has 0 aliphatic heterocycles. The summed E-state index contributed by atoms with van der Waals surface area (Å²) in [5.74, 6) is 0. The van der Waals surface area contributed by atoms with Crippen LogP contribution in [0.5, 0.6) is 0 Å². The summed E-state index contributed by atoms with van der Waals surface area (Å²) in [6, 6.07) is 0. The van der Waals surface area contributed by atoms with Gasteiger partial charge in [0.15, 0.2) is 0 Å². The smallest absolute Gasteiger partial charge is 2.00 e. The summed E-state index contributed by atoms with van der Waals surface area (Å²) in [5.41, 5.74) is 0. The molecule has 4 heteroatoms. The molecule has 0 fully saturated rings. The Morgan fingerprint density at radius 3 is 1.00 bits per heavy atom. The van der Waals surface area contributed by atoms with E-state index in [0.29, 0.717) is 0 Å². The van der Waals surface area contributed by atoms with Gasteiger partial charge in [-0.15, -0.1) is 0 Å². The van der Waals surface area contributed by atoms with Crippen LogP contribution in [-0.2, 0) is 57.5 Å². The van der Waals surface area contributed by atoms with Gasteiger partial charge in [0, 0.05) is 0 Å². The summed E-state index contributed by atoms with van der Waals surface area (Å²) < 4.78 is 0. The fraction of sp³-hybridized carbons (Fsp3) is 0. The molecule has 0 spiro atoms. The molecule has 0 aromatic rings. The van der Waals surface area contributed by atoms with E-state index in [2.05, 4.69) is 0 Å². The first-order valence-electron chi connectivity index (χ1n) is 0. The topological polar surface area (TPSA) is 28.5 Å². The number of hydrogen-bond acceptors (Lipinski definition) is 0. The molecule has 0 bridgehead atoms. The molecule has 0 radical (unpaired) electrons. The van der Waals surface area contributed by atoms with Crippen LogP contribution in [0.15, 0.2) is 0 Å². The molecule has 0 saturated heterocycles. The van der Waals surface area contributed by atoms with Crippen LogP contribution in [-0.4, -0.2) is 0 Å². The van der Waals surface area contributed by atoms with Crippen molar-refractivity contribution in [2.45, 2.75) is 0 Å². The van der Waals surface area contributed by atoms with Crippen molar-refractivity contribution in [1.29, 1.82) is 0 Å². The standard InChI is InChI=1S/Hf.La.O.Zr/q+4;+3;-2;+4. The predicted octanol–water partition coefficient (Wildman–Crippen LogP) is -0.124. The van der Waals surface area contributed by atoms with E-state index < -0.39 is 0 Å². The average molecular weight is 425 g/mol. The largest absolute Gasteiger partial charge is 4.00 e. The third kappa shape index (κ3) is 8.86. The van der Waals surface area contributed by atoms with Crippen molar-refractivity contribution in [1.82, 2.24) is 0 Å². The summed E-state index contributed by atoms with van der Waals surface area (Å²) in [5, 5.41) is 0. The van der Waals surface area contributed by atoms with Gasteiger partial charge in [-0.3, -0.25) is 0 Å². The fourth-order valence-electron chi connectivity index (χ4n) is 0. The molecule has 0 atom stereocenters. The van der Waals surface area contributed by atoms with Crippen LogP contribution in [0.25, 0.3) is 0 Å². The molecule has 0 aromatic heterocycles. The van der Waals surface area contributed by atoms with Crippen molar-refractivity contribution in [3.8, 4) is 0 Å². The molecule has 0 rings (SSSR count). The van der Waals surface area contributed by atoms with Crippen LogP contribution < -0.4 is 0 Å². The molecule has 0 aliphatic carbocycles. The predicted molar refractivity (Wildman–Crippen MR) is 0.686 cm³/mol. The Hall–Kier alpha value is 2.91. The zero-order valence-electron chi connectivity index (χ0n) is 1.99. The quantitative estimate of drug-likeness (QED) is 0.485. The Morgan fingerprint density at radius 2 is 1.00 bits per heavy atom. The van der Waals surface area contributed by atoms with Gasteiger partial charge >= 0.3 is 87.6 Å². The van der Waals surface area contributed by atoms with E-state index in [9.17, 15) is 0 Å². The van der Waals surface area contributed by atoms with Crippen LogP contribution in [0.4, 0.5) is 0 Å². The molecule has 1 nitrogen and oxygen atoms in total. The Morgan fingerprint density at radius 1 is 1.00 bits per heavy atom. The molecular formula is HfLaOZr+9. The van der Waals surface area contributed by atoms with Gasteiger partial charge in [-0.25, -0.2) is 0 Å². The van der Waals surface area contributed by atoms with Gasteiger partial charge in [0.1, 0.15) is 0 Å². The van der Waals surface area contributed by atoms with E-state index in [0.717, 1.165) is 0 Å². The summed E-state index contributed by atoms with van der Waals surface area (Å²) >= 11 is 0. The minimum Gasteiger partial charge on any atom is -2.00 e. The van der Waals surface area contributed by atoms with Crippen molar-refractivity contribution in [2.24, 2.45) is 0 Å². The Kier molecular flexibility index (Phi) is 120. The fourth-order valence-corrected chi connectivity index (χ4v) is 0. The molecule has 0 N–H and O–H groups in total. The SMILES string of the molecule is [Hf+4].[La+3].[O-2].[Zr+4]. The minimum absolute atomic E-state index is 0. The Bertz CT molecular complexity index is 8.00. The number of rotatable bonds is 0. The number of hydrogen-bond donors (Lipinski definition) is 0. The van der Waals surface area contributed by atoms with E-state index in [-0.39, 0.29) is 93.1 Å². The van der Waals surface area contributed by atoms with Crippen LogP contribution in [0, 0.1) is 35.6 Å². The first kappa shape index (κ1) is 28.5. The third-order valence-corrected chi connectivity index (χ3v) is 0. The molecule has 8 valence electrons. The van der Waals surface area contributed by atoms with Crippen LogP contribution in [0.2, 0.25) is 0 Å². The van der Waals surface area contributed by atoms with Crippen LogP contribution >= 0.6 is 0 Å². The summed E-state index contributed by atoms with van der Waals surface area (Å²) in [6.07, 6.45) is 0. The monoisotopic (exact) mass is 425 g/mol. The van der Waals surface area contributed by atoms with Gasteiger partial charge in [-0.2, -0.15) is 0 Å². The molecule has 0 heterocycles. The molecule has 0 saturated carbocycles. The van der Waals surface area contributed by atoms with E-state index in [1.807, 2.05) is 0 Å². The van der Waals surface area contributed by atoms with Gasteiger partial charge in [0.2, 0.25) is 0 Å². The summed E-state index contributed by atoms with van der Waals surface area (Å²) in [7, 11) is 0. The average Bonchev–Trinajstić information content (AvgIpc) is 0. The van der Waals surface area contributed by atoms with Gasteiger partial charge in [-0.1, -0.05) is 0 Å². The van der Waals surface area contributed by atoms with Crippen molar-refractivity contribution >= 4 is 0 Å². The maximum absolute atomic E-state index is 0. The maximum atomic E-state index is 0. The Balaban J connectivity index is 0. The summed E-state index contributed by atoms with van der Waals surface area (Å²) in [4.78, 5) is 0. The normalized spacial score (nSPS) is 0. The van der Waals surface area contributed by atoms with Gasteiger partial charge in [-0.05, 0) is 0 Å². The van der Waals surface area contributed by atoms with Crippen molar-refractivity contribution in [2.75, 3.05) is 0 Å². The zero-order chi connectivity index (χ0) is 0. The van der Waals surface area contributed by atoms with Crippen molar-refractivity contribution < 1.29 is 93.1 Å². The van der Waals surface area contributed by atoms with Gasteiger partial charge < -0.3 is 5.48 Å². The van der Waals surface area contributed by atoms with Gasteiger partial charge in [0.25, 0.3) is 0 Å². The second kappa shape index (κ2) is 16.8. The van der Waals surface area contributed by atoms with Crippen LogP contribution in [0.3, 0.4) is 0 Å². The molecule has 4 heavy (non-hydrogen) atoms. The zero-order valence-corrected chi connectivity index (χ0v) is 11.7. The third-order valence-electron chi connectivity index (χ3n) is 0. The van der Waals surface area contributed by atoms with E-state index in [4.69, 9.17) is 0 Å². The minimum atomic E-state index is 0. The second-order valence-corrected chi connectivity index (χ2v) is 0. The first-order valence-corrected chi connectivity index (χ1v) is 0. The molecular weight excluding hydrogens is 425 g/mol. The Labute approximate surface area is 91.1 Å². The molecule has 0 unspecified atom stereocenters. The van der Waals surface area contributed by atoms with Crippen molar-refractivity contribution in [3.63, 3.8) is 0 Å². The maximum Gasteiger partial charge on any atom is 4.00 e. The molecule has 0 aliphatic rings. The first-order chi connectivity index (χ1) is 0. The van der Waals surface area contributed by atoms with E-state index >= 15 is 0 Å². The van der Waals surface area contributed by atoms with E-state index in [1.165, 1.54) is 0 Å².